The van der Waals surface area contributed by atoms with Gasteiger partial charge in [0.1, 0.15) is 31.0 Å². The highest BCUT2D eigenvalue weighted by atomic mass is 35.5. The van der Waals surface area contributed by atoms with Crippen LogP contribution in [0.1, 0.15) is 80.4 Å². The molecule has 3 saturated heterocycles. The lowest BCUT2D eigenvalue weighted by Crippen LogP contribution is -2.62. The second-order valence-corrected chi connectivity index (χ2v) is 18.2. The number of rotatable bonds is 17. The minimum Gasteiger partial charge on any atom is -0.491 e. The zero-order chi connectivity index (χ0) is 45.0. The van der Waals surface area contributed by atoms with E-state index in [2.05, 4.69) is 50.6 Å². The molecule has 3 aliphatic heterocycles. The highest BCUT2D eigenvalue weighted by Gasteiger charge is 2.36. The van der Waals surface area contributed by atoms with Gasteiger partial charge in [-0.3, -0.25) is 23.8 Å². The third-order valence-corrected chi connectivity index (χ3v) is 13.8. The van der Waals surface area contributed by atoms with Crippen molar-refractivity contribution < 1.29 is 19.1 Å². The summed E-state index contributed by atoms with van der Waals surface area (Å²) in [4.78, 5) is 55.7. The fourth-order valence-electron chi connectivity index (χ4n) is 9.75. The van der Waals surface area contributed by atoms with Crippen LogP contribution in [0.5, 0.6) is 11.5 Å². The molecule has 0 aliphatic carbocycles. The number of piperidine rings is 1. The number of aldehydes is 2. The van der Waals surface area contributed by atoms with Gasteiger partial charge < -0.3 is 24.0 Å². The number of para-hydroxylation sites is 1. The van der Waals surface area contributed by atoms with Crippen molar-refractivity contribution in [3.8, 4) is 17.6 Å². The van der Waals surface area contributed by atoms with E-state index >= 15 is 0 Å². The SMILES string of the molecule is CCOc1c(Cl)cc(C(C)(C)c2ccc(OCc3ccnc(N4CCN(C5CCN(C6CN(Cc7cccc8c7n(C)c(=O)n8C(C=O)CCC=O)C6)CC5)CC4)n3)cc2)cc1C#N. The number of aromatic nitrogens is 4. The molecular formula is C49H58ClN9O5. The molecule has 1 atom stereocenters. The van der Waals surface area contributed by atoms with Crippen molar-refractivity contribution in [2.24, 2.45) is 7.05 Å². The predicted molar refractivity (Wildman–Crippen MR) is 247 cm³/mol. The molecule has 0 saturated carbocycles. The van der Waals surface area contributed by atoms with E-state index in [1.807, 2.05) is 67.7 Å². The summed E-state index contributed by atoms with van der Waals surface area (Å²) in [6.07, 6.45) is 6.24. The lowest BCUT2D eigenvalue weighted by atomic mass is 9.77. The number of hydrogen-bond donors (Lipinski definition) is 0. The minimum atomic E-state index is -0.660. The number of nitriles is 1. The summed E-state index contributed by atoms with van der Waals surface area (Å²) in [6.45, 7) is 15.5. The maximum atomic E-state index is 13.3. The third kappa shape index (κ3) is 9.31. The Balaban J connectivity index is 0.784. The molecule has 5 aromatic rings. The number of aryl methyl sites for hydroxylation is 1. The Bertz CT molecular complexity index is 2550. The largest absolute Gasteiger partial charge is 0.491 e. The molecule has 64 heavy (non-hydrogen) atoms. The average molecular weight is 889 g/mol. The van der Waals surface area contributed by atoms with Crippen LogP contribution >= 0.6 is 11.6 Å². The lowest BCUT2D eigenvalue weighted by Gasteiger charge is -2.49. The van der Waals surface area contributed by atoms with Crippen LogP contribution in [-0.2, 0) is 35.2 Å². The van der Waals surface area contributed by atoms with Crippen LogP contribution in [0.2, 0.25) is 5.02 Å². The summed E-state index contributed by atoms with van der Waals surface area (Å²) in [7, 11) is 1.76. The molecule has 336 valence electrons. The molecule has 3 fully saturated rings. The van der Waals surface area contributed by atoms with Crippen LogP contribution in [0, 0.1) is 11.3 Å². The average Bonchev–Trinajstić information content (AvgIpc) is 3.56. The number of likely N-dealkylation sites (tertiary alicyclic amines) is 2. The molecule has 0 bridgehead atoms. The minimum absolute atomic E-state index is 0.230. The van der Waals surface area contributed by atoms with Crippen molar-refractivity contribution in [1.29, 1.82) is 5.26 Å². The second-order valence-electron chi connectivity index (χ2n) is 17.7. The van der Waals surface area contributed by atoms with Gasteiger partial charge in [0.25, 0.3) is 0 Å². The molecule has 14 nitrogen and oxygen atoms in total. The molecule has 5 heterocycles. The first-order valence-corrected chi connectivity index (χ1v) is 22.9. The smallest absolute Gasteiger partial charge is 0.329 e. The van der Waals surface area contributed by atoms with E-state index in [1.54, 1.807) is 16.2 Å². The molecule has 8 rings (SSSR count). The summed E-state index contributed by atoms with van der Waals surface area (Å²) in [5, 5.41) is 10.2. The third-order valence-electron chi connectivity index (χ3n) is 13.6. The van der Waals surface area contributed by atoms with Gasteiger partial charge in [-0.2, -0.15) is 5.26 Å². The van der Waals surface area contributed by atoms with Crippen molar-refractivity contribution in [2.75, 3.05) is 63.9 Å². The van der Waals surface area contributed by atoms with Gasteiger partial charge in [0.2, 0.25) is 5.95 Å². The van der Waals surface area contributed by atoms with Gasteiger partial charge in [-0.25, -0.2) is 14.8 Å². The monoisotopic (exact) mass is 887 g/mol. The molecule has 0 radical (unpaired) electrons. The number of benzene rings is 3. The van der Waals surface area contributed by atoms with E-state index in [4.69, 9.17) is 26.1 Å². The topological polar surface area (TPSA) is 142 Å². The summed E-state index contributed by atoms with van der Waals surface area (Å²) in [5.41, 5.74) is 5.27. The zero-order valence-electron chi connectivity index (χ0n) is 37.3. The Kier molecular flexibility index (Phi) is 13.8. The highest BCUT2D eigenvalue weighted by Crippen LogP contribution is 2.39. The van der Waals surface area contributed by atoms with Crippen LogP contribution < -0.4 is 20.1 Å². The first-order valence-electron chi connectivity index (χ1n) is 22.5. The molecule has 3 aromatic carbocycles. The zero-order valence-corrected chi connectivity index (χ0v) is 38.0. The first-order chi connectivity index (χ1) is 31.0. The summed E-state index contributed by atoms with van der Waals surface area (Å²) < 4.78 is 15.0. The molecule has 0 amide bonds. The van der Waals surface area contributed by atoms with E-state index in [0.29, 0.717) is 48.1 Å². The maximum absolute atomic E-state index is 13.3. The molecule has 0 N–H and O–H groups in total. The van der Waals surface area contributed by atoms with Crippen molar-refractivity contribution in [3.63, 3.8) is 0 Å². The van der Waals surface area contributed by atoms with Gasteiger partial charge in [0.15, 0.2) is 5.75 Å². The first kappa shape index (κ1) is 45.0. The fraction of sp³-hybridized carbons (Fsp3) is 0.469. The number of hydrogen-bond acceptors (Lipinski definition) is 12. The van der Waals surface area contributed by atoms with Crippen molar-refractivity contribution in [2.45, 2.75) is 83.1 Å². The van der Waals surface area contributed by atoms with E-state index in [-0.39, 0.29) is 12.1 Å². The van der Waals surface area contributed by atoms with E-state index in [0.717, 1.165) is 129 Å². The van der Waals surface area contributed by atoms with Crippen LogP contribution in [-0.4, -0.2) is 117 Å². The molecule has 15 heteroatoms. The Labute approximate surface area is 379 Å². The number of imidazole rings is 1. The molecule has 3 aliphatic rings. The fourth-order valence-corrected chi connectivity index (χ4v) is 10.0. The van der Waals surface area contributed by atoms with Gasteiger partial charge in [0, 0.05) is 96.1 Å². The standard InChI is InChI=1S/C49H58ClN9O5/c1-5-63-46-35(28-51)26-37(27-43(46)50)49(2,3)36-11-13-42(14-12-36)64-33-38-15-18-52-47(53-38)58-23-21-57(22-24-58)39-16-19-56(20-17-39)41-30-55(31-41)29-34-8-6-10-44-45(34)54(4)48(62)59(44)40(32-61)9-7-25-60/h6,8,10-15,18,25-27,32,39-41H,5,7,9,16-17,19-24,29-31,33H2,1-4H3. The normalized spacial score (nSPS) is 17.5. The van der Waals surface area contributed by atoms with Gasteiger partial charge >= 0.3 is 5.69 Å². The number of piperazine rings is 1. The van der Waals surface area contributed by atoms with Gasteiger partial charge in [-0.1, -0.05) is 49.7 Å². The number of carbonyl (C=O) groups excluding carboxylic acids is 2. The number of halogens is 1. The number of anilines is 1. The summed E-state index contributed by atoms with van der Waals surface area (Å²) in [5.74, 6) is 1.90. The number of carbonyl (C=O) groups is 2. The number of fused-ring (bicyclic) bond motifs is 1. The predicted octanol–water partition coefficient (Wildman–Crippen LogP) is 6.15. The second kappa shape index (κ2) is 19.7. The van der Waals surface area contributed by atoms with E-state index < -0.39 is 11.5 Å². The van der Waals surface area contributed by atoms with Crippen LogP contribution in [0.25, 0.3) is 11.0 Å². The quantitative estimate of drug-likeness (QED) is 0.0990. The molecule has 0 spiro atoms. The van der Waals surface area contributed by atoms with Gasteiger partial charge in [0.05, 0.1) is 40.0 Å². The summed E-state index contributed by atoms with van der Waals surface area (Å²) in [6, 6.07) is 22.3. The van der Waals surface area contributed by atoms with E-state index in [9.17, 15) is 19.6 Å². The Morgan fingerprint density at radius 1 is 0.938 bits per heavy atom. The number of ether oxygens (including phenoxy) is 2. The molecule has 1 unspecified atom stereocenters. The van der Waals surface area contributed by atoms with Crippen molar-refractivity contribution in [1.82, 2.24) is 33.8 Å². The summed E-state index contributed by atoms with van der Waals surface area (Å²) >= 11 is 6.55. The van der Waals surface area contributed by atoms with E-state index in [1.165, 1.54) is 0 Å². The number of nitrogens with zero attached hydrogens (tertiary/aromatic N) is 9. The van der Waals surface area contributed by atoms with Crippen LogP contribution in [0.4, 0.5) is 5.95 Å². The van der Waals surface area contributed by atoms with Crippen LogP contribution in [0.3, 0.4) is 0 Å². The Morgan fingerprint density at radius 3 is 2.36 bits per heavy atom. The molecular weight excluding hydrogens is 830 g/mol. The van der Waals surface area contributed by atoms with Crippen molar-refractivity contribution >= 4 is 41.2 Å². The Hall–Kier alpha value is -5.59. The Morgan fingerprint density at radius 2 is 1.67 bits per heavy atom. The van der Waals surface area contributed by atoms with Gasteiger partial charge in [-0.15, -0.1) is 0 Å². The maximum Gasteiger partial charge on any atom is 0.329 e. The lowest BCUT2D eigenvalue weighted by molar-refractivity contribution is -0.111. The van der Waals surface area contributed by atoms with Crippen LogP contribution in [0.15, 0.2) is 71.7 Å². The van der Waals surface area contributed by atoms with Gasteiger partial charge in [-0.05, 0) is 79.3 Å². The van der Waals surface area contributed by atoms with Crippen molar-refractivity contribution in [3.05, 3.63) is 110 Å². The highest BCUT2D eigenvalue weighted by molar-refractivity contribution is 6.32. The molecule has 2 aromatic heterocycles.